The second-order valence-corrected chi connectivity index (χ2v) is 3.09. The van der Waals surface area contributed by atoms with Crippen molar-refractivity contribution in [3.8, 4) is 11.3 Å². The van der Waals surface area contributed by atoms with Crippen LogP contribution in [0.4, 0.5) is 0 Å². The minimum Gasteiger partial charge on any atom is -0.348 e. The van der Waals surface area contributed by atoms with Gasteiger partial charge in [0.2, 0.25) is 0 Å². The van der Waals surface area contributed by atoms with Gasteiger partial charge in [-0.25, -0.2) is 4.98 Å². The lowest BCUT2D eigenvalue weighted by atomic mass is 10.1. The highest BCUT2D eigenvalue weighted by atomic mass is 14.9. The minimum absolute atomic E-state index is 0.824. The van der Waals surface area contributed by atoms with Gasteiger partial charge in [0.1, 0.15) is 0 Å². The summed E-state index contributed by atoms with van der Waals surface area (Å²) in [5.41, 5.74) is 3.28. The number of rotatable bonds is 3. The number of imidazole rings is 1. The molecule has 0 spiro atoms. The van der Waals surface area contributed by atoms with E-state index >= 15 is 0 Å². The molecule has 70 valence electrons. The van der Waals surface area contributed by atoms with Gasteiger partial charge in [-0.05, 0) is 0 Å². The van der Waals surface area contributed by atoms with Crippen LogP contribution in [0.1, 0.15) is 5.69 Å². The van der Waals surface area contributed by atoms with Gasteiger partial charge in [0, 0.05) is 17.7 Å². The molecule has 0 aliphatic carbocycles. The van der Waals surface area contributed by atoms with Crippen molar-refractivity contribution in [1.29, 1.82) is 0 Å². The Bertz CT molecular complexity index is 415. The Hall–Kier alpha value is -1.83. The Morgan fingerprint density at radius 2 is 2.07 bits per heavy atom. The smallest absolute Gasteiger partial charge is 0.0929 e. The molecular weight excluding hydrogens is 172 g/mol. The quantitative estimate of drug-likeness (QED) is 0.730. The fourth-order valence-corrected chi connectivity index (χ4v) is 1.47. The molecule has 0 unspecified atom stereocenters. The number of aromatic nitrogens is 2. The van der Waals surface area contributed by atoms with Crippen LogP contribution in [0.3, 0.4) is 0 Å². The van der Waals surface area contributed by atoms with Gasteiger partial charge in [0.15, 0.2) is 0 Å². The third-order valence-corrected chi connectivity index (χ3v) is 2.11. The monoisotopic (exact) mass is 184 g/mol. The summed E-state index contributed by atoms with van der Waals surface area (Å²) >= 11 is 0. The fraction of sp³-hybridized carbons (Fsp3) is 0.0833. The lowest BCUT2D eigenvalue weighted by Gasteiger charge is -1.99. The summed E-state index contributed by atoms with van der Waals surface area (Å²) in [5, 5.41) is 0. The molecule has 2 heteroatoms. The number of allylic oxidation sites excluding steroid dienone is 1. The molecule has 2 nitrogen and oxygen atoms in total. The maximum Gasteiger partial charge on any atom is 0.0929 e. The molecule has 0 aliphatic heterocycles. The van der Waals surface area contributed by atoms with Crippen molar-refractivity contribution >= 4 is 0 Å². The van der Waals surface area contributed by atoms with Crippen LogP contribution < -0.4 is 0 Å². The van der Waals surface area contributed by atoms with E-state index in [0.717, 1.165) is 23.4 Å². The molecule has 1 heterocycles. The zero-order valence-electron chi connectivity index (χ0n) is 7.90. The van der Waals surface area contributed by atoms with Crippen molar-refractivity contribution < 1.29 is 0 Å². The second-order valence-electron chi connectivity index (χ2n) is 3.09. The zero-order valence-corrected chi connectivity index (χ0v) is 7.90. The van der Waals surface area contributed by atoms with Crippen molar-refractivity contribution in [2.24, 2.45) is 0 Å². The van der Waals surface area contributed by atoms with Crippen molar-refractivity contribution in [1.82, 2.24) is 9.97 Å². The summed E-state index contributed by atoms with van der Waals surface area (Å²) in [6.45, 7) is 3.72. The predicted octanol–water partition coefficient (Wildman–Crippen LogP) is 2.81. The molecular formula is C12H12N2. The van der Waals surface area contributed by atoms with E-state index in [0.29, 0.717) is 0 Å². The molecule has 0 bridgehead atoms. The van der Waals surface area contributed by atoms with E-state index in [2.05, 4.69) is 28.7 Å². The third kappa shape index (κ3) is 1.59. The highest BCUT2D eigenvalue weighted by Crippen LogP contribution is 2.19. The average molecular weight is 184 g/mol. The molecule has 0 atom stereocenters. The molecule has 0 saturated heterocycles. The number of nitrogens with zero attached hydrogens (tertiary/aromatic N) is 1. The molecule has 14 heavy (non-hydrogen) atoms. The van der Waals surface area contributed by atoms with Crippen LogP contribution in [0.2, 0.25) is 0 Å². The Morgan fingerprint density at radius 3 is 2.79 bits per heavy atom. The van der Waals surface area contributed by atoms with Gasteiger partial charge in [0.25, 0.3) is 0 Å². The highest BCUT2D eigenvalue weighted by Gasteiger charge is 2.05. The third-order valence-electron chi connectivity index (χ3n) is 2.11. The van der Waals surface area contributed by atoms with Gasteiger partial charge < -0.3 is 4.98 Å². The first kappa shape index (κ1) is 8.75. The van der Waals surface area contributed by atoms with Crippen molar-refractivity contribution in [2.75, 3.05) is 0 Å². The average Bonchev–Trinajstić information content (AvgIpc) is 2.68. The first-order valence-corrected chi connectivity index (χ1v) is 4.60. The van der Waals surface area contributed by atoms with Crippen molar-refractivity contribution in [3.05, 3.63) is 55.0 Å². The molecule has 2 rings (SSSR count). The Kier molecular flexibility index (Phi) is 2.45. The van der Waals surface area contributed by atoms with E-state index < -0.39 is 0 Å². The van der Waals surface area contributed by atoms with Crippen LogP contribution in [-0.2, 0) is 6.42 Å². The van der Waals surface area contributed by atoms with Crippen LogP contribution in [0.5, 0.6) is 0 Å². The van der Waals surface area contributed by atoms with Gasteiger partial charge >= 0.3 is 0 Å². The lowest BCUT2D eigenvalue weighted by Crippen LogP contribution is -1.85. The summed E-state index contributed by atoms with van der Waals surface area (Å²) in [4.78, 5) is 7.42. The van der Waals surface area contributed by atoms with Crippen molar-refractivity contribution in [2.45, 2.75) is 6.42 Å². The number of benzene rings is 1. The van der Waals surface area contributed by atoms with E-state index in [1.165, 1.54) is 0 Å². The summed E-state index contributed by atoms with van der Waals surface area (Å²) in [6.07, 6.45) is 4.42. The fourth-order valence-electron chi connectivity index (χ4n) is 1.47. The topological polar surface area (TPSA) is 28.7 Å². The lowest BCUT2D eigenvalue weighted by molar-refractivity contribution is 1.16. The van der Waals surface area contributed by atoms with E-state index in [4.69, 9.17) is 0 Å². The summed E-state index contributed by atoms with van der Waals surface area (Å²) in [7, 11) is 0. The molecule has 1 N–H and O–H groups in total. The molecule has 0 amide bonds. The Labute approximate surface area is 83.3 Å². The molecule has 1 aromatic heterocycles. The van der Waals surface area contributed by atoms with Crippen LogP contribution >= 0.6 is 0 Å². The van der Waals surface area contributed by atoms with Crippen molar-refractivity contribution in [3.63, 3.8) is 0 Å². The van der Waals surface area contributed by atoms with Gasteiger partial charge in [-0.15, -0.1) is 6.58 Å². The largest absolute Gasteiger partial charge is 0.348 e. The predicted molar refractivity (Wildman–Crippen MR) is 57.9 cm³/mol. The maximum atomic E-state index is 4.30. The highest BCUT2D eigenvalue weighted by molar-refractivity contribution is 5.61. The minimum atomic E-state index is 0.824. The number of H-pyrrole nitrogens is 1. The van der Waals surface area contributed by atoms with E-state index in [-0.39, 0.29) is 0 Å². The molecule has 0 aliphatic rings. The maximum absolute atomic E-state index is 4.30. The van der Waals surface area contributed by atoms with Crippen LogP contribution in [0.25, 0.3) is 11.3 Å². The molecule has 2 aromatic rings. The van der Waals surface area contributed by atoms with Crippen LogP contribution in [-0.4, -0.2) is 9.97 Å². The Balaban J connectivity index is 2.41. The zero-order chi connectivity index (χ0) is 9.80. The number of nitrogens with one attached hydrogen (secondary N) is 1. The van der Waals surface area contributed by atoms with E-state index in [9.17, 15) is 0 Å². The first-order chi connectivity index (χ1) is 6.92. The van der Waals surface area contributed by atoms with Gasteiger partial charge in [-0.1, -0.05) is 36.4 Å². The van der Waals surface area contributed by atoms with E-state index in [1.807, 2.05) is 24.3 Å². The number of aromatic amines is 1. The SMILES string of the molecule is C=CCc1[nH]cnc1-c1ccccc1. The first-order valence-electron chi connectivity index (χ1n) is 4.60. The summed E-state index contributed by atoms with van der Waals surface area (Å²) < 4.78 is 0. The second kappa shape index (κ2) is 3.92. The van der Waals surface area contributed by atoms with Gasteiger partial charge in [-0.2, -0.15) is 0 Å². The van der Waals surface area contributed by atoms with Crippen LogP contribution in [0.15, 0.2) is 49.3 Å². The summed E-state index contributed by atoms with van der Waals surface area (Å²) in [6, 6.07) is 10.2. The summed E-state index contributed by atoms with van der Waals surface area (Å²) in [5.74, 6) is 0. The van der Waals surface area contributed by atoms with Crippen LogP contribution in [0, 0.1) is 0 Å². The molecule has 1 aromatic carbocycles. The molecule has 0 fully saturated rings. The molecule has 0 saturated carbocycles. The normalized spacial score (nSPS) is 10.0. The number of hydrogen-bond acceptors (Lipinski definition) is 1. The standard InChI is InChI=1S/C12H12N2/c1-2-6-11-12(14-9-13-11)10-7-4-3-5-8-10/h2-5,7-9H,1,6H2,(H,13,14). The van der Waals surface area contributed by atoms with Gasteiger partial charge in [0.05, 0.1) is 12.0 Å². The van der Waals surface area contributed by atoms with Gasteiger partial charge in [-0.3, -0.25) is 0 Å². The van der Waals surface area contributed by atoms with E-state index in [1.54, 1.807) is 6.33 Å². The molecule has 0 radical (unpaired) electrons. The Morgan fingerprint density at radius 1 is 1.29 bits per heavy atom. The number of hydrogen-bond donors (Lipinski definition) is 1.